The number of amides is 2. The molecule has 1 aromatic rings. The number of anilines is 1. The summed E-state index contributed by atoms with van der Waals surface area (Å²) >= 11 is 5.77. The maximum absolute atomic E-state index is 13.5. The minimum absolute atomic E-state index is 0.0557. The lowest BCUT2D eigenvalue weighted by Crippen LogP contribution is -2.39. The Morgan fingerprint density at radius 1 is 1.47 bits per heavy atom. The van der Waals surface area contributed by atoms with Crippen LogP contribution in [0.4, 0.5) is 14.9 Å². The van der Waals surface area contributed by atoms with Crippen LogP contribution in [0.25, 0.3) is 0 Å². The predicted octanol–water partition coefficient (Wildman–Crippen LogP) is 2.81. The highest BCUT2D eigenvalue weighted by molar-refractivity contribution is 6.33. The fourth-order valence-electron chi connectivity index (χ4n) is 1.49. The van der Waals surface area contributed by atoms with Gasteiger partial charge in [0.05, 0.1) is 10.7 Å². The first kappa shape index (κ1) is 15.2. The van der Waals surface area contributed by atoms with Crippen LogP contribution in [0.15, 0.2) is 18.2 Å². The first-order chi connectivity index (χ1) is 8.95. The van der Waals surface area contributed by atoms with Gasteiger partial charge in [0, 0.05) is 6.54 Å². The second-order valence-electron chi connectivity index (χ2n) is 3.84. The number of nitrogens with zero attached hydrogens (tertiary/aromatic N) is 1. The van der Waals surface area contributed by atoms with Crippen molar-refractivity contribution in [2.45, 2.75) is 13.3 Å². The molecule has 19 heavy (non-hydrogen) atoms. The van der Waals surface area contributed by atoms with Gasteiger partial charge in [-0.25, -0.2) is 9.18 Å². The van der Waals surface area contributed by atoms with E-state index in [1.807, 2.05) is 0 Å². The zero-order valence-corrected chi connectivity index (χ0v) is 11.1. The van der Waals surface area contributed by atoms with Gasteiger partial charge in [0.1, 0.15) is 12.4 Å². The number of rotatable bonds is 5. The van der Waals surface area contributed by atoms with Gasteiger partial charge in [0.25, 0.3) is 0 Å². The minimum atomic E-state index is -1.14. The molecule has 1 aromatic carbocycles. The number of benzene rings is 1. The van der Waals surface area contributed by atoms with E-state index in [-0.39, 0.29) is 17.3 Å². The van der Waals surface area contributed by atoms with Crippen molar-refractivity contribution in [2.75, 3.05) is 18.4 Å². The number of para-hydroxylation sites is 1. The number of halogens is 2. The van der Waals surface area contributed by atoms with Gasteiger partial charge >= 0.3 is 12.0 Å². The molecular weight excluding hydrogens is 275 g/mol. The lowest BCUT2D eigenvalue weighted by atomic mass is 10.3. The SMILES string of the molecule is CCCN(CC(=O)O)C(=O)Nc1c(F)cccc1Cl. The highest BCUT2D eigenvalue weighted by Crippen LogP contribution is 2.24. The summed E-state index contributed by atoms with van der Waals surface area (Å²) < 4.78 is 13.5. The molecule has 0 aliphatic carbocycles. The van der Waals surface area contributed by atoms with E-state index in [1.165, 1.54) is 12.1 Å². The van der Waals surface area contributed by atoms with Crippen LogP contribution in [0.3, 0.4) is 0 Å². The molecule has 0 aromatic heterocycles. The van der Waals surface area contributed by atoms with Gasteiger partial charge in [0.15, 0.2) is 0 Å². The molecule has 0 unspecified atom stereocenters. The van der Waals surface area contributed by atoms with E-state index in [4.69, 9.17) is 16.7 Å². The van der Waals surface area contributed by atoms with Crippen molar-refractivity contribution in [3.05, 3.63) is 29.0 Å². The summed E-state index contributed by atoms with van der Waals surface area (Å²) in [6.45, 7) is 1.61. The second kappa shape index (κ2) is 6.94. The Morgan fingerprint density at radius 2 is 2.16 bits per heavy atom. The second-order valence-corrected chi connectivity index (χ2v) is 4.25. The molecule has 0 spiro atoms. The van der Waals surface area contributed by atoms with E-state index in [2.05, 4.69) is 5.32 Å². The van der Waals surface area contributed by atoms with Crippen molar-refractivity contribution in [2.24, 2.45) is 0 Å². The van der Waals surface area contributed by atoms with Gasteiger partial charge in [-0.1, -0.05) is 24.6 Å². The molecule has 0 fully saturated rings. The van der Waals surface area contributed by atoms with Crippen LogP contribution in [0.5, 0.6) is 0 Å². The van der Waals surface area contributed by atoms with Gasteiger partial charge in [-0.15, -0.1) is 0 Å². The van der Waals surface area contributed by atoms with E-state index >= 15 is 0 Å². The average molecular weight is 289 g/mol. The maximum atomic E-state index is 13.5. The monoisotopic (exact) mass is 288 g/mol. The third-order valence-electron chi connectivity index (χ3n) is 2.30. The largest absolute Gasteiger partial charge is 0.480 e. The number of carboxylic acid groups (broad SMARTS) is 1. The van der Waals surface area contributed by atoms with E-state index in [1.54, 1.807) is 6.92 Å². The van der Waals surface area contributed by atoms with Crippen molar-refractivity contribution < 1.29 is 19.1 Å². The molecule has 0 aliphatic heterocycles. The van der Waals surface area contributed by atoms with Crippen molar-refractivity contribution in [1.29, 1.82) is 0 Å². The molecule has 0 radical (unpaired) electrons. The number of carbonyl (C=O) groups is 2. The molecular formula is C12H14ClFN2O3. The van der Waals surface area contributed by atoms with Gasteiger partial charge in [-0.3, -0.25) is 4.79 Å². The highest BCUT2D eigenvalue weighted by Gasteiger charge is 2.18. The van der Waals surface area contributed by atoms with Gasteiger partial charge in [-0.05, 0) is 18.6 Å². The Balaban J connectivity index is 2.84. The lowest BCUT2D eigenvalue weighted by Gasteiger charge is -2.21. The van der Waals surface area contributed by atoms with Gasteiger partial charge in [-0.2, -0.15) is 0 Å². The summed E-state index contributed by atoms with van der Waals surface area (Å²) in [7, 11) is 0. The molecule has 0 aliphatic rings. The lowest BCUT2D eigenvalue weighted by molar-refractivity contribution is -0.137. The Labute approximate surface area is 115 Å². The van der Waals surface area contributed by atoms with Crippen LogP contribution >= 0.6 is 11.6 Å². The molecule has 0 bridgehead atoms. The van der Waals surface area contributed by atoms with Crippen molar-refractivity contribution in [1.82, 2.24) is 4.90 Å². The topological polar surface area (TPSA) is 69.6 Å². The fourth-order valence-corrected chi connectivity index (χ4v) is 1.70. The molecule has 2 amide bonds. The number of hydrogen-bond acceptors (Lipinski definition) is 2. The summed E-state index contributed by atoms with van der Waals surface area (Å²) in [5.74, 6) is -1.81. The third kappa shape index (κ3) is 4.40. The molecule has 5 nitrogen and oxygen atoms in total. The van der Waals surface area contributed by atoms with E-state index in [9.17, 15) is 14.0 Å². The van der Waals surface area contributed by atoms with Crippen LogP contribution in [-0.4, -0.2) is 35.1 Å². The molecule has 0 atom stereocenters. The molecule has 0 saturated heterocycles. The maximum Gasteiger partial charge on any atom is 0.323 e. The zero-order valence-electron chi connectivity index (χ0n) is 10.3. The molecule has 2 N–H and O–H groups in total. The highest BCUT2D eigenvalue weighted by atomic mass is 35.5. The molecule has 1 rings (SSSR count). The Morgan fingerprint density at radius 3 is 2.68 bits per heavy atom. The van der Waals surface area contributed by atoms with Crippen LogP contribution in [0.2, 0.25) is 5.02 Å². The first-order valence-corrected chi connectivity index (χ1v) is 6.05. The number of nitrogens with one attached hydrogen (secondary N) is 1. The summed E-state index contributed by atoms with van der Waals surface area (Å²) in [6, 6.07) is 3.30. The van der Waals surface area contributed by atoms with Crippen LogP contribution in [0.1, 0.15) is 13.3 Å². The molecule has 0 saturated carbocycles. The number of carboxylic acids is 1. The van der Waals surface area contributed by atoms with Gasteiger partial charge in [0.2, 0.25) is 0 Å². The van der Waals surface area contributed by atoms with Crippen molar-refractivity contribution in [3.8, 4) is 0 Å². The predicted molar refractivity (Wildman–Crippen MR) is 69.9 cm³/mol. The Kier molecular flexibility index (Phi) is 5.57. The van der Waals surface area contributed by atoms with Crippen molar-refractivity contribution in [3.63, 3.8) is 0 Å². The number of aliphatic carboxylic acids is 1. The van der Waals surface area contributed by atoms with Crippen molar-refractivity contribution >= 4 is 29.3 Å². The van der Waals surface area contributed by atoms with Crippen LogP contribution in [-0.2, 0) is 4.79 Å². The number of carbonyl (C=O) groups excluding carboxylic acids is 1. The summed E-state index contributed by atoms with van der Waals surface area (Å²) in [5.41, 5.74) is -0.152. The average Bonchev–Trinajstić information content (AvgIpc) is 2.32. The fraction of sp³-hybridized carbons (Fsp3) is 0.333. The smallest absolute Gasteiger partial charge is 0.323 e. The van der Waals surface area contributed by atoms with Crippen LogP contribution < -0.4 is 5.32 Å². The quantitative estimate of drug-likeness (QED) is 0.875. The zero-order chi connectivity index (χ0) is 14.4. The molecule has 104 valence electrons. The summed E-state index contributed by atoms with van der Waals surface area (Å²) in [6.07, 6.45) is 0.589. The van der Waals surface area contributed by atoms with E-state index < -0.39 is 24.4 Å². The first-order valence-electron chi connectivity index (χ1n) is 5.67. The Hall–Kier alpha value is -1.82. The minimum Gasteiger partial charge on any atom is -0.480 e. The van der Waals surface area contributed by atoms with E-state index in [0.29, 0.717) is 6.42 Å². The normalized spacial score (nSPS) is 10.1. The molecule has 0 heterocycles. The summed E-state index contributed by atoms with van der Waals surface area (Å²) in [5, 5.41) is 11.1. The van der Waals surface area contributed by atoms with Gasteiger partial charge < -0.3 is 15.3 Å². The third-order valence-corrected chi connectivity index (χ3v) is 2.62. The number of hydrogen-bond donors (Lipinski definition) is 2. The van der Waals surface area contributed by atoms with Crippen LogP contribution in [0, 0.1) is 5.82 Å². The van der Waals surface area contributed by atoms with E-state index in [0.717, 1.165) is 11.0 Å². The standard InChI is InChI=1S/C12H14ClFN2O3/c1-2-6-16(7-10(17)18)12(19)15-11-8(13)4-3-5-9(11)14/h3-5H,2,6-7H2,1H3,(H,15,19)(H,17,18). The Bertz CT molecular complexity index is 462. The molecule has 7 heteroatoms. The summed E-state index contributed by atoms with van der Waals surface area (Å²) in [4.78, 5) is 23.6. The number of urea groups is 1.